The maximum Gasteiger partial charge on any atom is 0.449 e. The lowest BCUT2D eigenvalue weighted by atomic mass is 9.98. The van der Waals surface area contributed by atoms with E-state index in [1.165, 1.54) is 12.3 Å². The van der Waals surface area contributed by atoms with E-state index in [1.807, 2.05) is 79.7 Å². The average molecular weight is 564 g/mol. The normalized spacial score (nSPS) is 13.2. The van der Waals surface area contributed by atoms with E-state index in [0.717, 1.165) is 39.1 Å². The topological polar surface area (TPSA) is 50.5 Å². The van der Waals surface area contributed by atoms with Gasteiger partial charge in [-0.15, -0.1) is 0 Å². The number of fused-ring (bicyclic) bond motifs is 1. The Morgan fingerprint density at radius 1 is 0.800 bits per heavy atom. The fourth-order valence-electron chi connectivity index (χ4n) is 4.90. The van der Waals surface area contributed by atoms with Crippen LogP contribution in [0.15, 0.2) is 112 Å². The first-order chi connectivity index (χ1) is 19.0. The Morgan fingerprint density at radius 3 is 2.20 bits per heavy atom. The van der Waals surface area contributed by atoms with Gasteiger partial charge in [0.1, 0.15) is 5.76 Å². The van der Waals surface area contributed by atoms with E-state index in [4.69, 9.17) is 4.42 Å². The largest absolute Gasteiger partial charge is 0.455 e. The highest BCUT2D eigenvalue weighted by molar-refractivity contribution is 7.90. The number of benzene rings is 4. The van der Waals surface area contributed by atoms with Crippen LogP contribution in [0.1, 0.15) is 35.6 Å². The van der Waals surface area contributed by atoms with Gasteiger partial charge in [-0.3, -0.25) is 4.90 Å². The number of hydrogen-bond acceptors (Lipinski definition) is 4. The van der Waals surface area contributed by atoms with E-state index < -0.39 is 21.8 Å². The van der Waals surface area contributed by atoms with Crippen molar-refractivity contribution >= 4 is 20.6 Å². The lowest BCUT2D eigenvalue weighted by Crippen LogP contribution is -2.26. The van der Waals surface area contributed by atoms with E-state index in [0.29, 0.717) is 6.54 Å². The Bertz CT molecular complexity index is 1740. The lowest BCUT2D eigenvalue weighted by molar-refractivity contribution is -0.153. The first-order valence-corrected chi connectivity index (χ1v) is 14.7. The van der Waals surface area contributed by atoms with Crippen molar-refractivity contribution in [1.82, 2.24) is 4.90 Å². The quantitative estimate of drug-likeness (QED) is 0.191. The summed E-state index contributed by atoms with van der Waals surface area (Å²) in [6.07, 6.45) is -3.37. The number of alkyl halides is 3. The van der Waals surface area contributed by atoms with Crippen LogP contribution in [0.25, 0.3) is 21.9 Å². The van der Waals surface area contributed by atoms with E-state index in [-0.39, 0.29) is 23.2 Å². The Morgan fingerprint density at radius 2 is 1.50 bits per heavy atom. The van der Waals surface area contributed by atoms with Crippen molar-refractivity contribution in [3.8, 4) is 11.1 Å². The maximum atomic E-state index is 13.2. The van der Waals surface area contributed by atoms with Crippen LogP contribution < -0.4 is 0 Å². The van der Waals surface area contributed by atoms with Gasteiger partial charge in [0, 0.05) is 18.8 Å². The third kappa shape index (κ3) is 6.13. The van der Waals surface area contributed by atoms with Crippen molar-refractivity contribution in [3.63, 3.8) is 0 Å². The predicted molar refractivity (Wildman–Crippen MR) is 150 cm³/mol. The van der Waals surface area contributed by atoms with Crippen LogP contribution in [0.3, 0.4) is 0 Å². The zero-order chi connectivity index (χ0) is 28.5. The standard InChI is InChI=1S/C32H28F3NO3S/c1-22(29-12-6-8-25-7-3-4-11-30(25)29)36(21-27-17-18-31(39-27)32(33,34)35)20-23-13-15-24(16-14-23)26-9-5-10-28(19-26)40(2,37)38/h3-19,22H,20-21H2,1-2H3. The molecule has 0 fully saturated rings. The fourth-order valence-corrected chi connectivity index (χ4v) is 5.57. The van der Waals surface area contributed by atoms with Crippen LogP contribution in [0, 0.1) is 0 Å². The summed E-state index contributed by atoms with van der Waals surface area (Å²) < 4.78 is 68.8. The molecule has 0 aliphatic heterocycles. The molecule has 4 nitrogen and oxygen atoms in total. The number of rotatable bonds is 8. The number of sulfone groups is 1. The molecule has 0 amide bonds. The van der Waals surface area contributed by atoms with Gasteiger partial charge in [0.2, 0.25) is 5.76 Å². The van der Waals surface area contributed by atoms with Crippen molar-refractivity contribution in [1.29, 1.82) is 0 Å². The minimum atomic E-state index is -4.55. The molecule has 0 saturated carbocycles. The van der Waals surface area contributed by atoms with Gasteiger partial charge in [-0.2, -0.15) is 13.2 Å². The van der Waals surface area contributed by atoms with Crippen molar-refractivity contribution in [3.05, 3.63) is 126 Å². The van der Waals surface area contributed by atoms with Crippen molar-refractivity contribution in [2.75, 3.05) is 6.26 Å². The third-order valence-electron chi connectivity index (χ3n) is 7.06. The molecule has 1 atom stereocenters. The Hall–Kier alpha value is -3.88. The summed E-state index contributed by atoms with van der Waals surface area (Å²) in [5.41, 5.74) is 3.67. The molecule has 0 saturated heterocycles. The van der Waals surface area contributed by atoms with Crippen LogP contribution in [0.4, 0.5) is 13.2 Å². The molecular formula is C32H28F3NO3S. The second-order valence-corrected chi connectivity index (χ2v) is 11.9. The minimum Gasteiger partial charge on any atom is -0.455 e. The molecule has 1 aromatic heterocycles. The summed E-state index contributed by atoms with van der Waals surface area (Å²) in [6.45, 7) is 2.68. The highest BCUT2D eigenvalue weighted by atomic mass is 32.2. The van der Waals surface area contributed by atoms with Gasteiger partial charge in [0.25, 0.3) is 0 Å². The lowest BCUT2D eigenvalue weighted by Gasteiger charge is -2.30. The van der Waals surface area contributed by atoms with Crippen LogP contribution in [-0.2, 0) is 29.1 Å². The van der Waals surface area contributed by atoms with E-state index in [1.54, 1.807) is 18.2 Å². The molecule has 0 aliphatic carbocycles. The van der Waals surface area contributed by atoms with Crippen LogP contribution in [-0.4, -0.2) is 19.6 Å². The van der Waals surface area contributed by atoms with Gasteiger partial charge in [-0.05, 0) is 64.2 Å². The summed E-state index contributed by atoms with van der Waals surface area (Å²) in [6, 6.07) is 30.8. The van der Waals surface area contributed by atoms with Gasteiger partial charge in [0.05, 0.1) is 11.4 Å². The van der Waals surface area contributed by atoms with E-state index in [2.05, 4.69) is 4.90 Å². The number of furan rings is 1. The zero-order valence-electron chi connectivity index (χ0n) is 22.0. The van der Waals surface area contributed by atoms with Crippen molar-refractivity contribution in [2.24, 2.45) is 0 Å². The third-order valence-corrected chi connectivity index (χ3v) is 8.17. The molecule has 1 unspecified atom stereocenters. The molecule has 0 aliphatic rings. The Balaban J connectivity index is 1.46. The van der Waals surface area contributed by atoms with E-state index >= 15 is 0 Å². The first kappa shape index (κ1) is 27.7. The summed E-state index contributed by atoms with van der Waals surface area (Å²) >= 11 is 0. The van der Waals surface area contributed by atoms with Crippen molar-refractivity contribution in [2.45, 2.75) is 37.1 Å². The Labute approximate surface area is 231 Å². The summed E-state index contributed by atoms with van der Waals surface area (Å²) in [4.78, 5) is 2.33. The van der Waals surface area contributed by atoms with Crippen LogP contribution in [0.2, 0.25) is 0 Å². The second kappa shape index (κ2) is 10.9. The van der Waals surface area contributed by atoms with Gasteiger partial charge < -0.3 is 4.42 Å². The smallest absolute Gasteiger partial charge is 0.449 e. The molecule has 5 aromatic rings. The van der Waals surface area contributed by atoms with Gasteiger partial charge in [-0.1, -0.05) is 78.9 Å². The maximum absolute atomic E-state index is 13.2. The number of nitrogens with zero attached hydrogens (tertiary/aromatic N) is 1. The van der Waals surface area contributed by atoms with Gasteiger partial charge in [-0.25, -0.2) is 8.42 Å². The van der Waals surface area contributed by atoms with Crippen LogP contribution in [0.5, 0.6) is 0 Å². The summed E-state index contributed by atoms with van der Waals surface area (Å²) in [5, 5.41) is 2.17. The predicted octanol–water partition coefficient (Wildman–Crippen LogP) is 8.29. The van der Waals surface area contributed by atoms with Crippen molar-refractivity contribution < 1.29 is 26.0 Å². The number of halogens is 3. The minimum absolute atomic E-state index is 0.142. The molecule has 5 rings (SSSR count). The molecule has 1 heterocycles. The highest BCUT2D eigenvalue weighted by Gasteiger charge is 2.35. The van der Waals surface area contributed by atoms with E-state index in [9.17, 15) is 21.6 Å². The second-order valence-electron chi connectivity index (χ2n) is 9.91. The molecule has 0 bridgehead atoms. The fraction of sp³-hybridized carbons (Fsp3) is 0.188. The molecule has 4 aromatic carbocycles. The van der Waals surface area contributed by atoms with Gasteiger partial charge >= 0.3 is 6.18 Å². The van der Waals surface area contributed by atoms with Crippen LogP contribution >= 0.6 is 0 Å². The molecule has 8 heteroatoms. The molecule has 206 valence electrons. The SMILES string of the molecule is CC(c1cccc2ccccc12)N(Cc1ccc(-c2cccc(S(C)(=O)=O)c2)cc1)Cc1ccc(C(F)(F)F)o1. The van der Waals surface area contributed by atoms with Gasteiger partial charge in [0.15, 0.2) is 9.84 Å². The molecule has 40 heavy (non-hydrogen) atoms. The average Bonchev–Trinajstić information content (AvgIpc) is 3.41. The first-order valence-electron chi connectivity index (χ1n) is 12.8. The monoisotopic (exact) mass is 563 g/mol. The highest BCUT2D eigenvalue weighted by Crippen LogP contribution is 2.34. The summed E-state index contributed by atoms with van der Waals surface area (Å²) in [5.74, 6) is -0.783. The summed E-state index contributed by atoms with van der Waals surface area (Å²) in [7, 11) is -3.33. The number of hydrogen-bond donors (Lipinski definition) is 0. The molecule has 0 N–H and O–H groups in total. The Kier molecular flexibility index (Phi) is 7.57. The molecule has 0 spiro atoms. The molecule has 0 radical (unpaired) electrons. The zero-order valence-corrected chi connectivity index (χ0v) is 22.8. The molecular weight excluding hydrogens is 535 g/mol.